The molecule has 0 fully saturated rings. The lowest BCUT2D eigenvalue weighted by Crippen LogP contribution is -2.25. The second kappa shape index (κ2) is 6.98. The first-order valence-corrected chi connectivity index (χ1v) is 6.38. The molecule has 0 aromatic carbocycles. The fraction of sp³-hybridized carbons (Fsp3) is 0.538. The number of carboxylic acid groups (broad SMARTS) is 1. The van der Waals surface area contributed by atoms with Gasteiger partial charge in [0.15, 0.2) is 5.69 Å². The maximum Gasteiger partial charge on any atom is 0.354 e. The van der Waals surface area contributed by atoms with Crippen molar-refractivity contribution in [3.05, 3.63) is 27.9 Å². The van der Waals surface area contributed by atoms with Crippen molar-refractivity contribution in [3.63, 3.8) is 0 Å². The highest BCUT2D eigenvalue weighted by molar-refractivity contribution is 5.86. The van der Waals surface area contributed by atoms with E-state index in [4.69, 9.17) is 9.84 Å². The van der Waals surface area contributed by atoms with Crippen molar-refractivity contribution in [1.82, 2.24) is 4.98 Å². The van der Waals surface area contributed by atoms with E-state index in [-0.39, 0.29) is 22.6 Å². The Labute approximate surface area is 122 Å². The molecule has 0 radical (unpaired) electrons. The third-order valence-corrected chi connectivity index (χ3v) is 3.01. The standard InChI is InChI=1S/C13H19N3O5/c1-13(2,6-7-21-3)8-14-11-10(16(19)20)5-4-9(15-11)12(17)18/h4-5H,6-8H2,1-3H3,(H,14,15)(H,17,18). The second-order valence-electron chi connectivity index (χ2n) is 5.39. The Morgan fingerprint density at radius 1 is 1.52 bits per heavy atom. The smallest absolute Gasteiger partial charge is 0.354 e. The number of carbonyl (C=O) groups is 1. The largest absolute Gasteiger partial charge is 0.477 e. The van der Waals surface area contributed by atoms with Crippen LogP contribution in [-0.4, -0.2) is 41.2 Å². The number of rotatable bonds is 8. The zero-order valence-electron chi connectivity index (χ0n) is 12.3. The number of nitrogens with zero attached hydrogens (tertiary/aromatic N) is 2. The lowest BCUT2D eigenvalue weighted by Gasteiger charge is -2.24. The Bertz CT molecular complexity index is 531. The monoisotopic (exact) mass is 297 g/mol. The first-order chi connectivity index (χ1) is 9.76. The van der Waals surface area contributed by atoms with Crippen LogP contribution in [0.4, 0.5) is 11.5 Å². The van der Waals surface area contributed by atoms with E-state index in [1.54, 1.807) is 7.11 Å². The Hall–Kier alpha value is -2.22. The molecule has 8 nitrogen and oxygen atoms in total. The maximum absolute atomic E-state index is 11.0. The zero-order chi connectivity index (χ0) is 16.0. The summed E-state index contributed by atoms with van der Waals surface area (Å²) in [4.78, 5) is 25.1. The highest BCUT2D eigenvalue weighted by Gasteiger charge is 2.22. The Morgan fingerprint density at radius 3 is 2.71 bits per heavy atom. The van der Waals surface area contributed by atoms with Gasteiger partial charge in [-0.3, -0.25) is 10.1 Å². The van der Waals surface area contributed by atoms with Crippen LogP contribution < -0.4 is 5.32 Å². The molecular weight excluding hydrogens is 278 g/mol. The Balaban J connectivity index is 2.92. The number of nitrogens with one attached hydrogen (secondary N) is 1. The number of carboxylic acids is 1. The summed E-state index contributed by atoms with van der Waals surface area (Å²) in [6, 6.07) is 2.25. The molecule has 2 N–H and O–H groups in total. The molecule has 0 spiro atoms. The molecule has 0 unspecified atom stereocenters. The van der Waals surface area contributed by atoms with Gasteiger partial charge in [0.25, 0.3) is 0 Å². The molecule has 0 saturated carbocycles. The van der Waals surface area contributed by atoms with Crippen LogP contribution in [0.5, 0.6) is 0 Å². The first-order valence-electron chi connectivity index (χ1n) is 6.38. The molecule has 0 aliphatic heterocycles. The van der Waals surface area contributed by atoms with E-state index in [2.05, 4.69) is 10.3 Å². The Kier molecular flexibility index (Phi) is 5.60. The lowest BCUT2D eigenvalue weighted by atomic mass is 9.90. The van der Waals surface area contributed by atoms with E-state index in [1.165, 1.54) is 0 Å². The summed E-state index contributed by atoms with van der Waals surface area (Å²) in [5.74, 6) is -1.27. The normalized spacial score (nSPS) is 11.2. The number of methoxy groups -OCH3 is 1. The third-order valence-electron chi connectivity index (χ3n) is 3.01. The van der Waals surface area contributed by atoms with Gasteiger partial charge in [-0.05, 0) is 17.9 Å². The molecule has 0 amide bonds. The fourth-order valence-electron chi connectivity index (χ4n) is 1.64. The van der Waals surface area contributed by atoms with Crippen molar-refractivity contribution >= 4 is 17.5 Å². The molecule has 0 saturated heterocycles. The summed E-state index contributed by atoms with van der Waals surface area (Å²) < 4.78 is 5.01. The number of hydrogen-bond acceptors (Lipinski definition) is 6. The van der Waals surface area contributed by atoms with Crippen molar-refractivity contribution in [2.24, 2.45) is 5.41 Å². The van der Waals surface area contributed by atoms with Crippen LogP contribution >= 0.6 is 0 Å². The number of nitro groups is 1. The molecule has 116 valence electrons. The topological polar surface area (TPSA) is 115 Å². The van der Waals surface area contributed by atoms with Gasteiger partial charge in [0.2, 0.25) is 5.82 Å². The quantitative estimate of drug-likeness (QED) is 0.558. The third kappa shape index (κ3) is 4.99. The Morgan fingerprint density at radius 2 is 2.19 bits per heavy atom. The molecule has 1 aromatic heterocycles. The second-order valence-corrected chi connectivity index (χ2v) is 5.39. The van der Waals surface area contributed by atoms with E-state index in [9.17, 15) is 14.9 Å². The van der Waals surface area contributed by atoms with Gasteiger partial charge >= 0.3 is 11.7 Å². The van der Waals surface area contributed by atoms with Gasteiger partial charge in [0.1, 0.15) is 0 Å². The summed E-state index contributed by atoms with van der Waals surface area (Å²) in [6.07, 6.45) is 0.753. The molecule has 21 heavy (non-hydrogen) atoms. The zero-order valence-corrected chi connectivity index (χ0v) is 12.3. The van der Waals surface area contributed by atoms with Crippen molar-refractivity contribution in [2.75, 3.05) is 25.6 Å². The number of aromatic nitrogens is 1. The number of hydrogen-bond donors (Lipinski definition) is 2. The van der Waals surface area contributed by atoms with Crippen LogP contribution in [0.2, 0.25) is 0 Å². The van der Waals surface area contributed by atoms with E-state index in [0.29, 0.717) is 13.2 Å². The van der Waals surface area contributed by atoms with Gasteiger partial charge in [-0.25, -0.2) is 9.78 Å². The fourth-order valence-corrected chi connectivity index (χ4v) is 1.64. The molecule has 0 aliphatic carbocycles. The first kappa shape index (κ1) is 16.8. The number of ether oxygens (including phenoxy) is 1. The minimum absolute atomic E-state index is 0.0367. The molecule has 0 bridgehead atoms. The summed E-state index contributed by atoms with van der Waals surface area (Å²) >= 11 is 0. The van der Waals surface area contributed by atoms with Crippen LogP contribution in [0.15, 0.2) is 12.1 Å². The summed E-state index contributed by atoms with van der Waals surface area (Å²) in [5.41, 5.74) is -0.662. The maximum atomic E-state index is 11.0. The summed E-state index contributed by atoms with van der Waals surface area (Å²) in [5, 5.41) is 22.7. The van der Waals surface area contributed by atoms with E-state index in [1.807, 2.05) is 13.8 Å². The highest BCUT2D eigenvalue weighted by atomic mass is 16.6. The van der Waals surface area contributed by atoms with Crippen molar-refractivity contribution < 1.29 is 19.6 Å². The van der Waals surface area contributed by atoms with Crippen molar-refractivity contribution in [1.29, 1.82) is 0 Å². The van der Waals surface area contributed by atoms with Gasteiger partial charge in [0, 0.05) is 26.3 Å². The van der Waals surface area contributed by atoms with Gasteiger partial charge in [0.05, 0.1) is 4.92 Å². The molecule has 1 aromatic rings. The van der Waals surface area contributed by atoms with Crippen LogP contribution in [0.25, 0.3) is 0 Å². The molecular formula is C13H19N3O5. The van der Waals surface area contributed by atoms with Gasteiger partial charge in [-0.15, -0.1) is 0 Å². The molecule has 1 heterocycles. The summed E-state index contributed by atoms with van der Waals surface area (Å²) in [6.45, 7) is 4.93. The lowest BCUT2D eigenvalue weighted by molar-refractivity contribution is -0.384. The predicted octanol–water partition coefficient (Wildman–Crippen LogP) is 2.16. The molecule has 8 heteroatoms. The van der Waals surface area contributed by atoms with Crippen LogP contribution in [0.3, 0.4) is 0 Å². The average Bonchev–Trinajstić information content (AvgIpc) is 2.42. The van der Waals surface area contributed by atoms with E-state index in [0.717, 1.165) is 18.6 Å². The molecule has 1 rings (SSSR count). The van der Waals surface area contributed by atoms with E-state index < -0.39 is 10.9 Å². The minimum atomic E-state index is -1.23. The van der Waals surface area contributed by atoms with Crippen LogP contribution in [0.1, 0.15) is 30.8 Å². The predicted molar refractivity (Wildman–Crippen MR) is 76.6 cm³/mol. The summed E-state index contributed by atoms with van der Waals surface area (Å²) in [7, 11) is 1.60. The SMILES string of the molecule is COCCC(C)(C)CNc1nc(C(=O)O)ccc1[N+](=O)[O-]. The van der Waals surface area contributed by atoms with Crippen LogP contribution in [0, 0.1) is 15.5 Å². The van der Waals surface area contributed by atoms with Crippen LogP contribution in [-0.2, 0) is 4.74 Å². The van der Waals surface area contributed by atoms with Gasteiger partial charge in [-0.2, -0.15) is 0 Å². The van der Waals surface area contributed by atoms with E-state index >= 15 is 0 Å². The van der Waals surface area contributed by atoms with Gasteiger partial charge < -0.3 is 15.2 Å². The number of pyridine rings is 1. The minimum Gasteiger partial charge on any atom is -0.477 e. The number of anilines is 1. The average molecular weight is 297 g/mol. The van der Waals surface area contributed by atoms with Gasteiger partial charge in [-0.1, -0.05) is 13.8 Å². The highest BCUT2D eigenvalue weighted by Crippen LogP contribution is 2.26. The van der Waals surface area contributed by atoms with Crippen molar-refractivity contribution in [2.45, 2.75) is 20.3 Å². The molecule has 0 atom stereocenters. The molecule has 0 aliphatic rings. The number of aromatic carboxylic acids is 1. The van der Waals surface area contributed by atoms with Crippen molar-refractivity contribution in [3.8, 4) is 0 Å².